The number of hydrogen-bond donors (Lipinski definition) is 1. The van der Waals surface area contributed by atoms with Crippen molar-refractivity contribution in [2.75, 3.05) is 0 Å². The highest BCUT2D eigenvalue weighted by molar-refractivity contribution is 7.10. The lowest BCUT2D eigenvalue weighted by Gasteiger charge is -2.21. The fraction of sp³-hybridized carbons (Fsp3) is 0.100. The summed E-state index contributed by atoms with van der Waals surface area (Å²) >= 11 is 1.22. The third kappa shape index (κ3) is 3.95. The minimum Gasteiger partial charge on any atom is -0.480 e. The molecule has 126 valence electrons. The highest BCUT2D eigenvalue weighted by Gasteiger charge is 2.33. The van der Waals surface area contributed by atoms with Gasteiger partial charge in [-0.15, -0.1) is 11.3 Å². The molecular weight excluding hydrogens is 336 g/mol. The van der Waals surface area contributed by atoms with E-state index in [0.717, 1.165) is 11.1 Å². The molecule has 2 aromatic carbocycles. The number of esters is 1. The van der Waals surface area contributed by atoms with Gasteiger partial charge in [0.05, 0.1) is 0 Å². The molecule has 0 aliphatic heterocycles. The van der Waals surface area contributed by atoms with Gasteiger partial charge in [-0.05, 0) is 22.6 Å². The van der Waals surface area contributed by atoms with Crippen LogP contribution in [0.25, 0.3) is 0 Å². The molecular formula is C20H16O4S. The molecule has 3 rings (SSSR count). The van der Waals surface area contributed by atoms with Crippen molar-refractivity contribution >= 4 is 23.3 Å². The van der Waals surface area contributed by atoms with Crippen LogP contribution in [0, 0.1) is 0 Å². The summed E-state index contributed by atoms with van der Waals surface area (Å²) in [6.45, 7) is 0. The van der Waals surface area contributed by atoms with Crippen molar-refractivity contribution < 1.29 is 19.4 Å². The number of carboxylic acids is 1. The number of carbonyl (C=O) groups excluding carboxylic acids is 1. The van der Waals surface area contributed by atoms with Crippen molar-refractivity contribution in [3.63, 3.8) is 0 Å². The maximum absolute atomic E-state index is 12.6. The lowest BCUT2D eigenvalue weighted by molar-refractivity contribution is -0.156. The number of aliphatic carboxylic acids is 1. The van der Waals surface area contributed by atoms with Crippen LogP contribution >= 0.6 is 11.3 Å². The summed E-state index contributed by atoms with van der Waals surface area (Å²) in [7, 11) is 0. The molecule has 0 aliphatic rings. The Bertz CT molecular complexity index is 789. The van der Waals surface area contributed by atoms with Gasteiger partial charge in [0.25, 0.3) is 0 Å². The number of ether oxygens (including phenoxy) is 1. The standard InChI is InChI=1S/C20H16O4S/c21-19(22)17(16-12-7-13-25-16)20(23)24-18(14-8-3-1-4-9-14)15-10-5-2-6-11-15/h1-13,17-18H,(H,21,22). The topological polar surface area (TPSA) is 63.6 Å². The molecule has 1 unspecified atom stereocenters. The molecule has 0 radical (unpaired) electrons. The van der Waals surface area contributed by atoms with E-state index < -0.39 is 24.0 Å². The number of carboxylic acid groups (broad SMARTS) is 1. The summed E-state index contributed by atoms with van der Waals surface area (Å²) in [4.78, 5) is 24.7. The second-order valence-electron chi connectivity index (χ2n) is 5.42. The third-order valence-electron chi connectivity index (χ3n) is 3.75. The summed E-state index contributed by atoms with van der Waals surface area (Å²) < 4.78 is 5.66. The van der Waals surface area contributed by atoms with Crippen LogP contribution in [-0.4, -0.2) is 17.0 Å². The van der Waals surface area contributed by atoms with Gasteiger partial charge in [0, 0.05) is 4.88 Å². The Kier molecular flexibility index (Phi) is 5.26. The molecule has 3 aromatic rings. The number of hydrogen-bond acceptors (Lipinski definition) is 4. The van der Waals surface area contributed by atoms with Crippen LogP contribution in [0.5, 0.6) is 0 Å². The maximum atomic E-state index is 12.6. The largest absolute Gasteiger partial charge is 0.480 e. The van der Waals surface area contributed by atoms with Crippen LogP contribution in [0.4, 0.5) is 0 Å². The third-order valence-corrected chi connectivity index (χ3v) is 4.69. The van der Waals surface area contributed by atoms with Gasteiger partial charge >= 0.3 is 11.9 Å². The maximum Gasteiger partial charge on any atom is 0.326 e. The summed E-state index contributed by atoms with van der Waals surface area (Å²) in [6.07, 6.45) is -0.656. The zero-order valence-electron chi connectivity index (χ0n) is 13.2. The zero-order chi connectivity index (χ0) is 17.6. The lowest BCUT2D eigenvalue weighted by atomic mass is 10.0. The monoisotopic (exact) mass is 352 g/mol. The van der Waals surface area contributed by atoms with E-state index in [-0.39, 0.29) is 0 Å². The van der Waals surface area contributed by atoms with Crippen LogP contribution in [0.1, 0.15) is 28.0 Å². The average Bonchev–Trinajstić information content (AvgIpc) is 3.15. The first-order chi connectivity index (χ1) is 12.2. The van der Waals surface area contributed by atoms with E-state index in [0.29, 0.717) is 4.88 Å². The highest BCUT2D eigenvalue weighted by atomic mass is 32.1. The number of thiophene rings is 1. The molecule has 0 aliphatic carbocycles. The Morgan fingerprint density at radius 2 is 1.40 bits per heavy atom. The molecule has 0 saturated heterocycles. The van der Waals surface area contributed by atoms with Crippen molar-refractivity contribution in [2.45, 2.75) is 12.0 Å². The Labute approximate surface area is 149 Å². The summed E-state index contributed by atoms with van der Waals surface area (Å²) in [6, 6.07) is 21.9. The van der Waals surface area contributed by atoms with E-state index >= 15 is 0 Å². The predicted molar refractivity (Wildman–Crippen MR) is 95.5 cm³/mol. The van der Waals surface area contributed by atoms with Gasteiger partial charge in [-0.1, -0.05) is 66.7 Å². The number of carbonyl (C=O) groups is 2. The summed E-state index contributed by atoms with van der Waals surface area (Å²) in [5.41, 5.74) is 1.58. The lowest BCUT2D eigenvalue weighted by Crippen LogP contribution is -2.25. The Morgan fingerprint density at radius 3 is 1.84 bits per heavy atom. The first-order valence-electron chi connectivity index (χ1n) is 7.73. The van der Waals surface area contributed by atoms with Crippen LogP contribution in [0.3, 0.4) is 0 Å². The van der Waals surface area contributed by atoms with E-state index in [9.17, 15) is 14.7 Å². The van der Waals surface area contributed by atoms with Gasteiger partial charge in [0.15, 0.2) is 12.0 Å². The molecule has 0 fully saturated rings. The first-order valence-corrected chi connectivity index (χ1v) is 8.61. The van der Waals surface area contributed by atoms with E-state index in [4.69, 9.17) is 4.74 Å². The quantitative estimate of drug-likeness (QED) is 0.532. The average molecular weight is 352 g/mol. The van der Waals surface area contributed by atoms with Gasteiger partial charge in [-0.2, -0.15) is 0 Å². The van der Waals surface area contributed by atoms with Crippen LogP contribution in [0.2, 0.25) is 0 Å². The summed E-state index contributed by atoms with van der Waals surface area (Å²) in [5, 5.41) is 11.2. The van der Waals surface area contributed by atoms with Crippen molar-refractivity contribution in [3.8, 4) is 0 Å². The molecule has 1 atom stereocenters. The molecule has 25 heavy (non-hydrogen) atoms. The zero-order valence-corrected chi connectivity index (χ0v) is 14.1. The second kappa shape index (κ2) is 7.77. The first kappa shape index (κ1) is 16.9. The minimum absolute atomic E-state index is 0.456. The minimum atomic E-state index is -1.32. The van der Waals surface area contributed by atoms with Gasteiger partial charge in [0.2, 0.25) is 0 Å². The Morgan fingerprint density at radius 1 is 0.840 bits per heavy atom. The van der Waals surface area contributed by atoms with Crippen LogP contribution in [0.15, 0.2) is 78.2 Å². The molecule has 0 bridgehead atoms. The van der Waals surface area contributed by atoms with E-state index in [2.05, 4.69) is 0 Å². The van der Waals surface area contributed by atoms with Crippen LogP contribution in [-0.2, 0) is 14.3 Å². The Hall–Kier alpha value is -2.92. The molecule has 1 heterocycles. The van der Waals surface area contributed by atoms with Gasteiger partial charge in [-0.25, -0.2) is 0 Å². The van der Waals surface area contributed by atoms with Gasteiger partial charge < -0.3 is 9.84 Å². The molecule has 0 amide bonds. The smallest absolute Gasteiger partial charge is 0.326 e. The molecule has 1 N–H and O–H groups in total. The number of rotatable bonds is 6. The predicted octanol–water partition coefficient (Wildman–Crippen LogP) is 4.25. The second-order valence-corrected chi connectivity index (χ2v) is 6.40. The van der Waals surface area contributed by atoms with E-state index in [1.807, 2.05) is 60.7 Å². The normalized spacial score (nSPS) is 11.9. The number of benzene rings is 2. The summed E-state index contributed by atoms with van der Waals surface area (Å²) in [5.74, 6) is -3.31. The van der Waals surface area contributed by atoms with E-state index in [1.165, 1.54) is 11.3 Å². The van der Waals surface area contributed by atoms with Crippen molar-refractivity contribution in [3.05, 3.63) is 94.2 Å². The van der Waals surface area contributed by atoms with Crippen LogP contribution < -0.4 is 0 Å². The van der Waals surface area contributed by atoms with Crippen molar-refractivity contribution in [2.24, 2.45) is 0 Å². The van der Waals surface area contributed by atoms with Gasteiger partial charge in [-0.3, -0.25) is 9.59 Å². The van der Waals surface area contributed by atoms with Gasteiger partial charge in [0.1, 0.15) is 0 Å². The fourth-order valence-electron chi connectivity index (χ4n) is 2.56. The molecule has 0 saturated carbocycles. The Balaban J connectivity index is 1.92. The van der Waals surface area contributed by atoms with Crippen molar-refractivity contribution in [1.82, 2.24) is 0 Å². The molecule has 1 aromatic heterocycles. The molecule has 0 spiro atoms. The fourth-order valence-corrected chi connectivity index (χ4v) is 3.37. The SMILES string of the molecule is O=C(O)C(C(=O)OC(c1ccccc1)c1ccccc1)c1cccs1. The molecule has 4 nitrogen and oxygen atoms in total. The highest BCUT2D eigenvalue weighted by Crippen LogP contribution is 2.30. The molecule has 5 heteroatoms. The van der Waals surface area contributed by atoms with E-state index in [1.54, 1.807) is 17.5 Å². The van der Waals surface area contributed by atoms with Crippen molar-refractivity contribution in [1.29, 1.82) is 0 Å².